The highest BCUT2D eigenvalue weighted by Gasteiger charge is 2.45. The normalized spacial score (nSPS) is 22.1. The van der Waals surface area contributed by atoms with Crippen molar-refractivity contribution in [2.45, 2.75) is 24.9 Å². The number of piperidine rings is 1. The first kappa shape index (κ1) is 23.6. The van der Waals surface area contributed by atoms with E-state index in [0.29, 0.717) is 17.9 Å². The topological polar surface area (TPSA) is 42.0 Å². The van der Waals surface area contributed by atoms with Gasteiger partial charge in [-0.2, -0.15) is 0 Å². The third-order valence-corrected chi connectivity index (χ3v) is 7.65. The number of hydrogen-bond acceptors (Lipinski definition) is 4. The van der Waals surface area contributed by atoms with E-state index in [4.69, 9.17) is 9.47 Å². The Kier molecular flexibility index (Phi) is 7.16. The molecule has 1 amide bonds. The van der Waals surface area contributed by atoms with Gasteiger partial charge >= 0.3 is 0 Å². The Morgan fingerprint density at radius 2 is 1.60 bits per heavy atom. The fraction of sp³-hybridized carbons (Fsp3) is 0.367. The second-order valence-electron chi connectivity index (χ2n) is 9.66. The van der Waals surface area contributed by atoms with E-state index in [1.807, 2.05) is 17.0 Å². The largest absolute Gasteiger partial charge is 0.497 e. The third kappa shape index (κ3) is 5.12. The fourth-order valence-corrected chi connectivity index (χ4v) is 5.84. The molecule has 2 aliphatic rings. The van der Waals surface area contributed by atoms with Gasteiger partial charge in [-0.3, -0.25) is 9.69 Å². The summed E-state index contributed by atoms with van der Waals surface area (Å²) in [6.45, 7) is 3.65. The number of fused-ring (bicyclic) bond motifs is 1. The summed E-state index contributed by atoms with van der Waals surface area (Å²) in [6.07, 6.45) is 0.995. The van der Waals surface area contributed by atoms with Gasteiger partial charge in [0.05, 0.1) is 7.11 Å². The Morgan fingerprint density at radius 3 is 2.29 bits per heavy atom. The number of benzene rings is 3. The van der Waals surface area contributed by atoms with Crippen LogP contribution in [0.5, 0.6) is 5.75 Å². The van der Waals surface area contributed by atoms with E-state index in [1.165, 1.54) is 22.3 Å². The van der Waals surface area contributed by atoms with E-state index < -0.39 is 0 Å². The zero-order chi connectivity index (χ0) is 24.2. The van der Waals surface area contributed by atoms with Crippen molar-refractivity contribution in [2.75, 3.05) is 40.5 Å². The Bertz CT molecular complexity index is 1110. The number of carbonyl (C=O) groups excluding carboxylic acids is 1. The minimum absolute atomic E-state index is 0.0920. The number of nitrogens with zero attached hydrogens (tertiary/aromatic N) is 2. The van der Waals surface area contributed by atoms with Crippen molar-refractivity contribution in [3.63, 3.8) is 0 Å². The minimum atomic E-state index is 0.0920. The average Bonchev–Trinajstić information content (AvgIpc) is 3.27. The molecular weight excluding hydrogens is 436 g/mol. The second-order valence-corrected chi connectivity index (χ2v) is 9.66. The molecule has 5 nitrogen and oxygen atoms in total. The summed E-state index contributed by atoms with van der Waals surface area (Å²) < 4.78 is 10.5. The molecule has 0 unspecified atom stereocenters. The molecule has 0 N–H and O–H groups in total. The van der Waals surface area contributed by atoms with E-state index in [2.05, 4.69) is 71.6 Å². The number of carbonyl (C=O) groups is 1. The van der Waals surface area contributed by atoms with Gasteiger partial charge in [0.2, 0.25) is 5.91 Å². The minimum Gasteiger partial charge on any atom is -0.497 e. The van der Waals surface area contributed by atoms with Crippen LogP contribution in [-0.4, -0.2) is 62.2 Å². The fourth-order valence-electron chi connectivity index (χ4n) is 5.84. The highest BCUT2D eigenvalue weighted by Crippen LogP contribution is 2.42. The lowest BCUT2D eigenvalue weighted by Gasteiger charge is -2.39. The first-order valence-corrected chi connectivity index (χ1v) is 12.5. The number of hydrogen-bond donors (Lipinski definition) is 0. The maximum absolute atomic E-state index is 12.6. The summed E-state index contributed by atoms with van der Waals surface area (Å²) in [5.41, 5.74) is 5.14. The van der Waals surface area contributed by atoms with Crippen LogP contribution in [0, 0.1) is 5.92 Å². The molecular formula is C30H34N2O3. The van der Waals surface area contributed by atoms with Crippen LogP contribution in [0.15, 0.2) is 78.9 Å². The molecule has 2 fully saturated rings. The molecule has 0 radical (unpaired) electrons. The number of methoxy groups -OCH3 is 2. The van der Waals surface area contributed by atoms with E-state index in [-0.39, 0.29) is 12.5 Å². The Balaban J connectivity index is 1.35. The number of likely N-dealkylation sites (tertiary alicyclic amines) is 2. The highest BCUT2D eigenvalue weighted by molar-refractivity contribution is 5.77. The van der Waals surface area contributed by atoms with E-state index >= 15 is 0 Å². The molecule has 0 bridgehead atoms. The lowest BCUT2D eigenvalue weighted by Crippen LogP contribution is -2.49. The molecule has 3 atom stereocenters. The van der Waals surface area contributed by atoms with Crippen LogP contribution in [0.2, 0.25) is 0 Å². The quantitative estimate of drug-likeness (QED) is 0.496. The van der Waals surface area contributed by atoms with Gasteiger partial charge in [-0.15, -0.1) is 0 Å². The van der Waals surface area contributed by atoms with Crippen LogP contribution in [0.25, 0.3) is 11.1 Å². The molecule has 0 aromatic heterocycles. The van der Waals surface area contributed by atoms with Gasteiger partial charge in [0.25, 0.3) is 0 Å². The Labute approximate surface area is 208 Å². The zero-order valence-corrected chi connectivity index (χ0v) is 20.6. The number of ether oxygens (including phenoxy) is 2. The number of amides is 1. The molecule has 3 aromatic rings. The van der Waals surface area contributed by atoms with Gasteiger partial charge < -0.3 is 14.4 Å². The van der Waals surface area contributed by atoms with Crippen molar-refractivity contribution in [3.05, 3.63) is 90.0 Å². The smallest absolute Gasteiger partial charge is 0.248 e. The van der Waals surface area contributed by atoms with Crippen molar-refractivity contribution in [1.82, 2.24) is 9.80 Å². The van der Waals surface area contributed by atoms with Crippen molar-refractivity contribution < 1.29 is 14.3 Å². The lowest BCUT2D eigenvalue weighted by atomic mass is 9.81. The molecule has 0 aliphatic carbocycles. The summed E-state index contributed by atoms with van der Waals surface area (Å²) in [5, 5.41) is 0. The molecule has 3 aromatic carbocycles. The van der Waals surface area contributed by atoms with Crippen molar-refractivity contribution in [3.8, 4) is 16.9 Å². The van der Waals surface area contributed by atoms with Crippen LogP contribution >= 0.6 is 0 Å². The van der Waals surface area contributed by atoms with E-state index in [1.54, 1.807) is 14.2 Å². The third-order valence-electron chi connectivity index (χ3n) is 7.65. The SMILES string of the molecule is COCC(=O)N1CC[C@@H]2[C@H](C1)[C@@H](c1ccc(OC)cc1)CN2Cc1ccc(-c2ccccc2)cc1. The van der Waals surface area contributed by atoms with Gasteiger partial charge in [0, 0.05) is 51.2 Å². The van der Waals surface area contributed by atoms with Gasteiger partial charge in [0.15, 0.2) is 0 Å². The Hall–Kier alpha value is -3.15. The molecule has 35 heavy (non-hydrogen) atoms. The Morgan fingerprint density at radius 1 is 0.886 bits per heavy atom. The van der Waals surface area contributed by atoms with E-state index in [9.17, 15) is 4.79 Å². The van der Waals surface area contributed by atoms with Gasteiger partial charge in [-0.1, -0.05) is 66.7 Å². The number of rotatable bonds is 7. The first-order valence-electron chi connectivity index (χ1n) is 12.5. The van der Waals surface area contributed by atoms with Crippen molar-refractivity contribution in [2.24, 2.45) is 5.92 Å². The molecule has 0 spiro atoms. The molecule has 2 aliphatic heterocycles. The lowest BCUT2D eigenvalue weighted by molar-refractivity contribution is -0.137. The monoisotopic (exact) mass is 470 g/mol. The maximum Gasteiger partial charge on any atom is 0.248 e. The molecule has 0 saturated carbocycles. The summed E-state index contributed by atoms with van der Waals surface area (Å²) in [7, 11) is 3.29. The predicted octanol–water partition coefficient (Wildman–Crippen LogP) is 4.83. The maximum atomic E-state index is 12.6. The van der Waals surface area contributed by atoms with Crippen LogP contribution in [0.1, 0.15) is 23.5 Å². The van der Waals surface area contributed by atoms with Gasteiger partial charge in [-0.25, -0.2) is 0 Å². The van der Waals surface area contributed by atoms with Crippen LogP contribution < -0.4 is 4.74 Å². The van der Waals surface area contributed by atoms with Crippen LogP contribution in [0.3, 0.4) is 0 Å². The summed E-state index contributed by atoms with van der Waals surface area (Å²) in [4.78, 5) is 17.2. The van der Waals surface area contributed by atoms with Crippen molar-refractivity contribution in [1.29, 1.82) is 0 Å². The van der Waals surface area contributed by atoms with Gasteiger partial charge in [0.1, 0.15) is 12.4 Å². The summed E-state index contributed by atoms with van der Waals surface area (Å²) in [6, 6.07) is 28.4. The zero-order valence-electron chi connectivity index (χ0n) is 20.6. The summed E-state index contributed by atoms with van der Waals surface area (Å²) >= 11 is 0. The van der Waals surface area contributed by atoms with E-state index in [0.717, 1.165) is 38.3 Å². The first-order chi connectivity index (χ1) is 17.2. The van der Waals surface area contributed by atoms with Crippen molar-refractivity contribution >= 4 is 5.91 Å². The predicted molar refractivity (Wildman–Crippen MR) is 138 cm³/mol. The van der Waals surface area contributed by atoms with Crippen LogP contribution in [-0.2, 0) is 16.1 Å². The molecule has 5 rings (SSSR count). The summed E-state index contributed by atoms with van der Waals surface area (Å²) in [5.74, 6) is 1.75. The molecule has 182 valence electrons. The molecule has 2 heterocycles. The molecule has 2 saturated heterocycles. The standard InChI is InChI=1S/C30H34N2O3/c1-34-21-30(33)31-17-16-29-28(20-31)27(25-12-14-26(35-2)15-13-25)19-32(29)18-22-8-10-24(11-9-22)23-6-4-3-5-7-23/h3-15,27-29H,16-21H2,1-2H3/t27-,28-,29-/m1/s1. The van der Waals surface area contributed by atoms with Crippen LogP contribution in [0.4, 0.5) is 0 Å². The molecule has 5 heteroatoms. The van der Waals surface area contributed by atoms with Gasteiger partial charge in [-0.05, 0) is 40.8 Å². The highest BCUT2D eigenvalue weighted by atomic mass is 16.5. The second kappa shape index (κ2) is 10.6. The average molecular weight is 471 g/mol.